The summed E-state index contributed by atoms with van der Waals surface area (Å²) >= 11 is 0. The zero-order valence-corrected chi connectivity index (χ0v) is 46.5. The van der Waals surface area contributed by atoms with E-state index in [9.17, 15) is 28.9 Å². The van der Waals surface area contributed by atoms with Gasteiger partial charge in [0.1, 0.15) is 12.7 Å². The summed E-state index contributed by atoms with van der Waals surface area (Å²) in [5.41, 5.74) is 0. The fraction of sp³-hybridized carbons (Fsp3) is 0.717. The first-order valence-electron chi connectivity index (χ1n) is 28.5. The Labute approximate surface area is 439 Å². The highest BCUT2D eigenvalue weighted by atomic mass is 31.2. The Balaban J connectivity index is 4.78. The first kappa shape index (κ1) is 68.7. The molecule has 72 heavy (non-hydrogen) atoms. The van der Waals surface area contributed by atoms with Crippen molar-refractivity contribution in [3.63, 3.8) is 0 Å². The number of phosphoric ester groups is 1. The van der Waals surface area contributed by atoms with Gasteiger partial charge in [-0.25, -0.2) is 4.57 Å². The van der Waals surface area contributed by atoms with Crippen LogP contribution in [0.5, 0.6) is 0 Å². The van der Waals surface area contributed by atoms with Crippen molar-refractivity contribution in [1.29, 1.82) is 0 Å². The van der Waals surface area contributed by atoms with Gasteiger partial charge < -0.3 is 24.2 Å². The van der Waals surface area contributed by atoms with Crippen LogP contribution in [-0.2, 0) is 42.2 Å². The molecule has 0 aliphatic rings. The lowest BCUT2D eigenvalue weighted by atomic mass is 10.1. The maximum atomic E-state index is 12.9. The second kappa shape index (κ2) is 53.9. The molecule has 0 fully saturated rings. The zero-order valence-electron chi connectivity index (χ0n) is 45.6. The van der Waals surface area contributed by atoms with Crippen molar-refractivity contribution < 1.29 is 52.2 Å². The van der Waals surface area contributed by atoms with Gasteiger partial charge >= 0.3 is 25.7 Å². The van der Waals surface area contributed by atoms with Crippen molar-refractivity contribution in [1.82, 2.24) is 0 Å². The predicted molar refractivity (Wildman–Crippen MR) is 298 cm³/mol. The topological polar surface area (TPSA) is 155 Å². The average Bonchev–Trinajstić information content (AvgIpc) is 3.37. The third-order valence-corrected chi connectivity index (χ3v) is 12.7. The number of ether oxygens (including phenoxy) is 3. The molecule has 0 aromatic heterocycles. The summed E-state index contributed by atoms with van der Waals surface area (Å²) in [6, 6.07) is 0. The molecule has 0 amide bonds. The van der Waals surface area contributed by atoms with Gasteiger partial charge in [-0.15, -0.1) is 0 Å². The minimum atomic E-state index is -4.76. The molecule has 2 N–H and O–H groups in total. The van der Waals surface area contributed by atoms with Crippen LogP contribution in [-0.4, -0.2) is 66.5 Å². The zero-order chi connectivity index (χ0) is 52.7. The van der Waals surface area contributed by atoms with Gasteiger partial charge in [-0.2, -0.15) is 0 Å². The van der Waals surface area contributed by atoms with Gasteiger partial charge in [0.25, 0.3) is 0 Å². The number of hydrogen-bond acceptors (Lipinski definition) is 10. The quantitative estimate of drug-likeness (QED) is 0.0197. The van der Waals surface area contributed by atoms with E-state index in [4.69, 9.17) is 23.3 Å². The summed E-state index contributed by atoms with van der Waals surface area (Å²) in [7, 11) is -4.76. The maximum absolute atomic E-state index is 12.9. The first-order chi connectivity index (χ1) is 35.2. The fourth-order valence-electron chi connectivity index (χ4n) is 7.43. The molecule has 0 spiro atoms. The Morgan fingerprint density at radius 2 is 0.722 bits per heavy atom. The Morgan fingerprint density at radius 3 is 1.11 bits per heavy atom. The van der Waals surface area contributed by atoms with Gasteiger partial charge in [0, 0.05) is 19.3 Å². The minimum absolute atomic E-state index is 0.141. The summed E-state index contributed by atoms with van der Waals surface area (Å²) in [6.45, 7) is 4.43. The van der Waals surface area contributed by atoms with Gasteiger partial charge in [0.05, 0.1) is 19.8 Å². The largest absolute Gasteiger partial charge is 0.472 e. The van der Waals surface area contributed by atoms with Crippen LogP contribution in [0.25, 0.3) is 0 Å². The molecule has 0 aliphatic heterocycles. The molecule has 0 heterocycles. The lowest BCUT2D eigenvalue weighted by Gasteiger charge is -2.21. The summed E-state index contributed by atoms with van der Waals surface area (Å²) in [5.74, 6) is -1.52. The molecule has 0 bridgehead atoms. The van der Waals surface area contributed by atoms with E-state index < -0.39 is 57.8 Å². The Kier molecular flexibility index (Phi) is 51.4. The smallest absolute Gasteiger partial charge is 0.462 e. The van der Waals surface area contributed by atoms with Crippen LogP contribution < -0.4 is 0 Å². The highest BCUT2D eigenvalue weighted by Crippen LogP contribution is 2.43. The summed E-state index contributed by atoms with van der Waals surface area (Å²) in [6.07, 6.45) is 61.1. The highest BCUT2D eigenvalue weighted by Gasteiger charge is 2.28. The van der Waals surface area contributed by atoms with Gasteiger partial charge in [-0.05, 0) is 116 Å². The minimum Gasteiger partial charge on any atom is -0.462 e. The molecule has 0 aromatic carbocycles. The molecule has 0 saturated carbocycles. The van der Waals surface area contributed by atoms with Crippen LogP contribution in [0.4, 0.5) is 0 Å². The van der Waals surface area contributed by atoms with Crippen LogP contribution >= 0.6 is 7.82 Å². The van der Waals surface area contributed by atoms with Crippen molar-refractivity contribution in [3.05, 3.63) is 85.1 Å². The van der Waals surface area contributed by atoms with Crippen molar-refractivity contribution in [2.75, 3.05) is 26.4 Å². The average molecular weight is 1030 g/mol. The fourth-order valence-corrected chi connectivity index (χ4v) is 8.21. The molecule has 0 aliphatic carbocycles. The number of unbranched alkanes of at least 4 members (excludes halogenated alkanes) is 21. The van der Waals surface area contributed by atoms with E-state index in [1.165, 1.54) is 38.5 Å². The van der Waals surface area contributed by atoms with Crippen LogP contribution in [0.15, 0.2) is 85.1 Å². The number of aliphatic hydroxyl groups is 1. The van der Waals surface area contributed by atoms with Crippen molar-refractivity contribution >= 4 is 25.7 Å². The summed E-state index contributed by atoms with van der Waals surface area (Å²) in [4.78, 5) is 48.5. The lowest BCUT2D eigenvalue weighted by molar-refractivity contribution is -0.161. The second-order valence-corrected chi connectivity index (χ2v) is 20.2. The van der Waals surface area contributed by atoms with E-state index >= 15 is 0 Å². The lowest BCUT2D eigenvalue weighted by Crippen LogP contribution is -2.30. The van der Waals surface area contributed by atoms with Crippen molar-refractivity contribution in [2.45, 2.75) is 251 Å². The highest BCUT2D eigenvalue weighted by molar-refractivity contribution is 7.47. The Morgan fingerprint density at radius 1 is 0.403 bits per heavy atom. The number of hydrogen-bond donors (Lipinski definition) is 2. The standard InChI is InChI=1S/C60H103O11P/c1-4-7-10-13-16-19-22-25-28-31-34-37-40-43-46-49-58(62)67-53-57(71-60(64)51-48-45-42-39-36-33-30-27-24-21-18-15-12-9-6-3)55-69-72(65,66)68-54-56(52-61)70-59(63)50-47-44-41-38-35-32-29-26-23-20-17-14-11-8-5-2/h9,12,16-21,25-30,56-57,61H,4-8,10-11,13-15,22-24,31-55H2,1-3H3,(H,65,66)/b12-9-,19-16-,20-17-,21-18-,28-25-,29-26-,30-27-. The van der Waals surface area contributed by atoms with Crippen molar-refractivity contribution in [3.8, 4) is 0 Å². The third-order valence-electron chi connectivity index (χ3n) is 11.8. The molecular weight excluding hydrogens is 928 g/mol. The second-order valence-electron chi connectivity index (χ2n) is 18.7. The first-order valence-corrected chi connectivity index (χ1v) is 30.0. The number of rotatable bonds is 52. The molecule has 0 saturated heterocycles. The number of allylic oxidation sites excluding steroid dienone is 14. The molecule has 3 atom stereocenters. The number of carbonyl (C=O) groups is 3. The molecule has 3 unspecified atom stereocenters. The van der Waals surface area contributed by atoms with Gasteiger partial charge in [0.15, 0.2) is 6.10 Å². The summed E-state index contributed by atoms with van der Waals surface area (Å²) in [5, 5.41) is 9.81. The van der Waals surface area contributed by atoms with Gasteiger partial charge in [-0.1, -0.05) is 189 Å². The van der Waals surface area contributed by atoms with E-state index in [1.54, 1.807) is 0 Å². The van der Waals surface area contributed by atoms with E-state index in [1.807, 2.05) is 0 Å². The molecule has 11 nitrogen and oxygen atoms in total. The van der Waals surface area contributed by atoms with Crippen molar-refractivity contribution in [2.24, 2.45) is 0 Å². The molecule has 12 heteroatoms. The van der Waals surface area contributed by atoms with Gasteiger partial charge in [-0.3, -0.25) is 23.4 Å². The molecule has 0 rings (SSSR count). The van der Waals surface area contributed by atoms with E-state index in [0.717, 1.165) is 141 Å². The van der Waals surface area contributed by atoms with Crippen LogP contribution in [0.1, 0.15) is 239 Å². The Bertz CT molecular complexity index is 1530. The van der Waals surface area contributed by atoms with Crippen LogP contribution in [0.3, 0.4) is 0 Å². The number of carbonyl (C=O) groups excluding carboxylic acids is 3. The van der Waals surface area contributed by atoms with E-state index in [2.05, 4.69) is 106 Å². The maximum Gasteiger partial charge on any atom is 0.472 e. The van der Waals surface area contributed by atoms with E-state index in [-0.39, 0.29) is 25.9 Å². The molecular formula is C60H103O11P. The van der Waals surface area contributed by atoms with E-state index in [0.29, 0.717) is 19.3 Å². The Hall–Kier alpha value is -3.34. The normalized spacial score (nSPS) is 14.0. The van der Waals surface area contributed by atoms with Gasteiger partial charge in [0.2, 0.25) is 0 Å². The van der Waals surface area contributed by atoms with Crippen LogP contribution in [0.2, 0.25) is 0 Å². The number of phosphoric acid groups is 1. The van der Waals surface area contributed by atoms with Crippen LogP contribution in [0, 0.1) is 0 Å². The number of aliphatic hydroxyl groups excluding tert-OH is 1. The molecule has 0 radical (unpaired) electrons. The monoisotopic (exact) mass is 1030 g/mol. The molecule has 0 aromatic rings. The predicted octanol–water partition coefficient (Wildman–Crippen LogP) is 16.7. The number of esters is 3. The SMILES string of the molecule is CC/C=C\C/C=C\C/C=C\CCCCCCCC(=O)OC(COC(=O)CCCCCCC/C=C\C/C=C\CCCCC)COP(=O)(O)OCC(CO)OC(=O)CCCCCCC/C=C\C/C=C\CCCCC. The molecule has 414 valence electrons. The summed E-state index contributed by atoms with van der Waals surface area (Å²) < 4.78 is 39.5. The third kappa shape index (κ3) is 51.6.